The van der Waals surface area contributed by atoms with E-state index in [1.165, 1.54) is 7.11 Å². The minimum atomic E-state index is -0.813. The molecule has 0 aromatic carbocycles. The normalized spacial score (nSPS) is 43.7. The lowest BCUT2D eigenvalue weighted by Crippen LogP contribution is -2.59. The number of carbonyl (C=O) groups excluding carboxylic acids is 3. The van der Waals surface area contributed by atoms with Crippen LogP contribution in [0.4, 0.5) is 0 Å². The van der Waals surface area contributed by atoms with Crippen molar-refractivity contribution in [1.82, 2.24) is 0 Å². The molecule has 4 rings (SSSR count). The molecule has 0 radical (unpaired) electrons. The Labute approximate surface area is 184 Å². The van der Waals surface area contributed by atoms with E-state index in [0.29, 0.717) is 25.7 Å². The molecule has 2 saturated carbocycles. The van der Waals surface area contributed by atoms with Gasteiger partial charge in [0.1, 0.15) is 5.60 Å². The summed E-state index contributed by atoms with van der Waals surface area (Å²) in [5.74, 6) is -1.02. The van der Waals surface area contributed by atoms with E-state index in [4.69, 9.17) is 9.47 Å². The topological polar surface area (TPSA) is 89.9 Å². The average Bonchev–Trinajstić information content (AvgIpc) is 3.00. The van der Waals surface area contributed by atoms with Crippen molar-refractivity contribution in [3.05, 3.63) is 23.3 Å². The molecule has 6 nitrogen and oxygen atoms in total. The quantitative estimate of drug-likeness (QED) is 0.544. The predicted molar refractivity (Wildman–Crippen MR) is 114 cm³/mol. The van der Waals surface area contributed by atoms with Crippen LogP contribution in [0.2, 0.25) is 0 Å². The molecule has 4 aliphatic carbocycles. The molecular weight excluding hydrogens is 396 g/mol. The highest BCUT2D eigenvalue weighted by Crippen LogP contribution is 2.67. The Kier molecular flexibility index (Phi) is 5.23. The van der Waals surface area contributed by atoms with Crippen LogP contribution in [0.15, 0.2) is 23.3 Å². The Morgan fingerprint density at radius 3 is 2.58 bits per heavy atom. The number of allylic oxidation sites excluding steroid dienone is 3. The number of rotatable bonds is 3. The highest BCUT2D eigenvalue weighted by Gasteiger charge is 2.67. The van der Waals surface area contributed by atoms with Crippen molar-refractivity contribution in [1.29, 1.82) is 0 Å². The molecule has 0 amide bonds. The van der Waals surface area contributed by atoms with Gasteiger partial charge in [-0.2, -0.15) is 0 Å². The third kappa shape index (κ3) is 2.97. The van der Waals surface area contributed by atoms with Crippen molar-refractivity contribution in [2.24, 2.45) is 28.6 Å². The van der Waals surface area contributed by atoms with Crippen LogP contribution in [0.1, 0.15) is 66.2 Å². The van der Waals surface area contributed by atoms with Gasteiger partial charge in [-0.05, 0) is 50.5 Å². The molecule has 0 aromatic heterocycles. The third-order valence-corrected chi connectivity index (χ3v) is 9.14. The number of hydrogen-bond donors (Lipinski definition) is 1. The van der Waals surface area contributed by atoms with E-state index in [9.17, 15) is 19.5 Å². The number of hydrogen-bond acceptors (Lipinski definition) is 6. The van der Waals surface area contributed by atoms with Crippen LogP contribution in [0.25, 0.3) is 0 Å². The summed E-state index contributed by atoms with van der Waals surface area (Å²) in [7, 11) is 1.40. The summed E-state index contributed by atoms with van der Waals surface area (Å²) in [6.07, 6.45) is 6.12. The molecule has 31 heavy (non-hydrogen) atoms. The molecule has 0 aliphatic heterocycles. The van der Waals surface area contributed by atoms with E-state index < -0.39 is 23.0 Å². The number of aliphatic hydroxyl groups is 1. The fourth-order valence-corrected chi connectivity index (χ4v) is 7.00. The number of aliphatic hydroxyl groups excluding tert-OH is 1. The Bertz CT molecular complexity index is 886. The van der Waals surface area contributed by atoms with Gasteiger partial charge in [0, 0.05) is 23.7 Å². The summed E-state index contributed by atoms with van der Waals surface area (Å²) in [5.41, 5.74) is 0.154. The monoisotopic (exact) mass is 430 g/mol. The summed E-state index contributed by atoms with van der Waals surface area (Å²) in [4.78, 5) is 37.3. The molecule has 0 spiro atoms. The minimum Gasteiger partial charge on any atom is -0.469 e. The first-order valence-electron chi connectivity index (χ1n) is 11.5. The van der Waals surface area contributed by atoms with Crippen molar-refractivity contribution in [2.45, 2.75) is 77.9 Å². The number of ether oxygens (including phenoxy) is 2. The van der Waals surface area contributed by atoms with Crippen LogP contribution in [-0.2, 0) is 23.9 Å². The first-order valence-corrected chi connectivity index (χ1v) is 11.5. The molecule has 2 unspecified atom stereocenters. The standard InChI is InChI=1S/C25H34O6/c1-6-20(28)31-24(3)10-8-17-21-16(22(29)30-5)12-14-11-15(26)7-9-23(14,2)18(21)13-19(27)25(17,24)4/h11,13,16-17,19,21,27H,6-10,12H2,1-5H3/t16-,17?,19+,21?,23+,24+,25-/m1/s1. The molecule has 0 aromatic rings. The van der Waals surface area contributed by atoms with Crippen molar-refractivity contribution in [2.75, 3.05) is 7.11 Å². The van der Waals surface area contributed by atoms with Crippen LogP contribution in [-0.4, -0.2) is 41.6 Å². The Morgan fingerprint density at radius 2 is 1.94 bits per heavy atom. The Hall–Kier alpha value is -1.95. The fraction of sp³-hybridized carbons (Fsp3) is 0.720. The van der Waals surface area contributed by atoms with Crippen LogP contribution < -0.4 is 0 Å². The van der Waals surface area contributed by atoms with E-state index in [1.54, 1.807) is 13.0 Å². The second-order valence-electron chi connectivity index (χ2n) is 10.4. The van der Waals surface area contributed by atoms with Gasteiger partial charge in [-0.25, -0.2) is 0 Å². The number of esters is 2. The van der Waals surface area contributed by atoms with Crippen LogP contribution >= 0.6 is 0 Å². The van der Waals surface area contributed by atoms with Gasteiger partial charge < -0.3 is 14.6 Å². The molecule has 0 heterocycles. The molecule has 0 bridgehead atoms. The van der Waals surface area contributed by atoms with Gasteiger partial charge in [0.05, 0.1) is 19.1 Å². The molecular formula is C25H34O6. The van der Waals surface area contributed by atoms with Gasteiger partial charge in [0.2, 0.25) is 0 Å². The second kappa shape index (κ2) is 7.29. The van der Waals surface area contributed by atoms with Crippen LogP contribution in [0.5, 0.6) is 0 Å². The SMILES string of the molecule is CCC(=O)O[C@@]1(C)CCC2C3C(=C[C@H](O)[C@@]21C)[C@@]1(C)CCC(=O)C=C1C[C@H]3C(=O)OC. The molecule has 6 heteroatoms. The van der Waals surface area contributed by atoms with Crippen LogP contribution in [0, 0.1) is 28.6 Å². The summed E-state index contributed by atoms with van der Waals surface area (Å²) in [6, 6.07) is 0. The average molecular weight is 431 g/mol. The predicted octanol–water partition coefficient (Wildman–Crippen LogP) is 3.52. The molecule has 170 valence electrons. The van der Waals surface area contributed by atoms with Gasteiger partial charge >= 0.3 is 11.9 Å². The van der Waals surface area contributed by atoms with Crippen molar-refractivity contribution in [3.63, 3.8) is 0 Å². The maximum absolute atomic E-state index is 12.9. The number of methoxy groups -OCH3 is 1. The summed E-state index contributed by atoms with van der Waals surface area (Å²) in [5, 5.41) is 11.5. The maximum atomic E-state index is 12.9. The van der Waals surface area contributed by atoms with Crippen LogP contribution in [0.3, 0.4) is 0 Å². The van der Waals surface area contributed by atoms with E-state index in [2.05, 4.69) is 6.92 Å². The second-order valence-corrected chi connectivity index (χ2v) is 10.4. The zero-order valence-electron chi connectivity index (χ0n) is 19.2. The maximum Gasteiger partial charge on any atom is 0.309 e. The number of ketones is 1. The highest BCUT2D eigenvalue weighted by atomic mass is 16.6. The van der Waals surface area contributed by atoms with Gasteiger partial charge in [0.25, 0.3) is 0 Å². The molecule has 4 aliphatic rings. The fourth-order valence-electron chi connectivity index (χ4n) is 7.00. The molecule has 2 fully saturated rings. The van der Waals surface area contributed by atoms with Crippen molar-refractivity contribution >= 4 is 17.7 Å². The van der Waals surface area contributed by atoms with E-state index in [0.717, 1.165) is 17.6 Å². The number of fused-ring (bicyclic) bond motifs is 5. The summed E-state index contributed by atoms with van der Waals surface area (Å²) in [6.45, 7) is 7.82. The van der Waals surface area contributed by atoms with Gasteiger partial charge in [-0.3, -0.25) is 14.4 Å². The molecule has 1 N–H and O–H groups in total. The smallest absolute Gasteiger partial charge is 0.309 e. The van der Waals surface area contributed by atoms with E-state index in [-0.39, 0.29) is 41.4 Å². The van der Waals surface area contributed by atoms with Crippen molar-refractivity contribution in [3.8, 4) is 0 Å². The van der Waals surface area contributed by atoms with Gasteiger partial charge in [-0.15, -0.1) is 0 Å². The lowest BCUT2D eigenvalue weighted by atomic mass is 9.47. The lowest BCUT2D eigenvalue weighted by molar-refractivity contribution is -0.186. The summed E-state index contributed by atoms with van der Waals surface area (Å²) >= 11 is 0. The Balaban J connectivity index is 1.86. The summed E-state index contributed by atoms with van der Waals surface area (Å²) < 4.78 is 11.1. The Morgan fingerprint density at radius 1 is 1.23 bits per heavy atom. The lowest BCUT2D eigenvalue weighted by Gasteiger charge is -2.58. The zero-order valence-corrected chi connectivity index (χ0v) is 19.2. The van der Waals surface area contributed by atoms with E-state index >= 15 is 0 Å². The number of carbonyl (C=O) groups is 3. The third-order valence-electron chi connectivity index (χ3n) is 9.14. The first-order chi connectivity index (χ1) is 14.5. The van der Waals surface area contributed by atoms with Gasteiger partial charge in [-0.1, -0.05) is 38.0 Å². The van der Waals surface area contributed by atoms with Gasteiger partial charge in [0.15, 0.2) is 5.78 Å². The molecule has 0 saturated heterocycles. The molecule has 7 atom stereocenters. The highest BCUT2D eigenvalue weighted by molar-refractivity contribution is 5.92. The minimum absolute atomic E-state index is 0.0303. The zero-order chi connectivity index (χ0) is 22.8. The first kappa shape index (κ1) is 22.3. The van der Waals surface area contributed by atoms with E-state index in [1.807, 2.05) is 19.9 Å². The largest absolute Gasteiger partial charge is 0.469 e. The van der Waals surface area contributed by atoms with Crippen molar-refractivity contribution < 1.29 is 29.0 Å².